The number of allylic oxidation sites excluding steroid dienone is 11. The quantitative estimate of drug-likeness (QED) is 0.0212. The molecule has 0 aliphatic heterocycles. The summed E-state index contributed by atoms with van der Waals surface area (Å²) in [6.45, 7) is 6.69. The number of unbranched alkanes of at least 4 members (excludes halogenated alkanes) is 25. The van der Waals surface area contributed by atoms with Gasteiger partial charge in [0.05, 0.1) is 33.8 Å². The third kappa shape index (κ3) is 50.4. The minimum Gasteiger partial charge on any atom is -0.756 e. The van der Waals surface area contributed by atoms with Crippen LogP contribution in [0.25, 0.3) is 0 Å². The number of hydrogen-bond acceptors (Lipinski definition) is 7. The molecule has 0 aromatic carbocycles. The monoisotopic (exact) mass is 1000 g/mol. The lowest BCUT2D eigenvalue weighted by Gasteiger charge is -2.30. The summed E-state index contributed by atoms with van der Waals surface area (Å²) in [4.78, 5) is 39.8. The second kappa shape index (κ2) is 50.0. The number of quaternary nitrogens is 1. The van der Waals surface area contributed by atoms with E-state index in [-0.39, 0.29) is 31.3 Å². The molecule has 1 amide bonds. The predicted molar refractivity (Wildman–Crippen MR) is 298 cm³/mol. The number of amides is 1. The van der Waals surface area contributed by atoms with E-state index in [1.54, 1.807) is 0 Å². The Bertz CT molecular complexity index is 1430. The van der Waals surface area contributed by atoms with E-state index >= 15 is 0 Å². The van der Waals surface area contributed by atoms with Crippen molar-refractivity contribution in [1.82, 2.24) is 5.32 Å². The Balaban J connectivity index is 5.39. The van der Waals surface area contributed by atoms with Gasteiger partial charge in [0.15, 0.2) is 0 Å². The van der Waals surface area contributed by atoms with Crippen molar-refractivity contribution in [2.45, 2.75) is 258 Å². The molecule has 0 aliphatic rings. The van der Waals surface area contributed by atoms with Gasteiger partial charge in [-0.2, -0.15) is 0 Å². The van der Waals surface area contributed by atoms with E-state index in [9.17, 15) is 19.0 Å². The first-order chi connectivity index (χ1) is 33.9. The fourth-order valence-corrected chi connectivity index (χ4v) is 8.68. The summed E-state index contributed by atoms with van der Waals surface area (Å²) >= 11 is 0. The van der Waals surface area contributed by atoms with Gasteiger partial charge in [-0.15, -0.1) is 0 Å². The van der Waals surface area contributed by atoms with Crippen LogP contribution in [0.3, 0.4) is 0 Å². The van der Waals surface area contributed by atoms with E-state index in [0.29, 0.717) is 17.4 Å². The highest BCUT2D eigenvalue weighted by molar-refractivity contribution is 7.45. The highest BCUT2D eigenvalue weighted by Gasteiger charge is 2.27. The SMILES string of the molecule is CC/C=C\C/C=C\C/C=C\C/C=C\C/C=C\CCCCCC(=O)NC(COP(=O)([O-])OCC[N+](C)(C)C)C(/C=C\CCCCCCCCCCCC)OC(=O)CCCCCCCCCCCCCCC. The largest absolute Gasteiger partial charge is 0.756 e. The van der Waals surface area contributed by atoms with E-state index in [1.807, 2.05) is 33.3 Å². The number of esters is 1. The third-order valence-corrected chi connectivity index (χ3v) is 13.4. The van der Waals surface area contributed by atoms with Gasteiger partial charge in [0, 0.05) is 12.8 Å². The minimum atomic E-state index is -4.70. The van der Waals surface area contributed by atoms with E-state index in [1.165, 1.54) is 116 Å². The Kier molecular flexibility index (Phi) is 48.2. The molecule has 10 heteroatoms. The lowest BCUT2D eigenvalue weighted by molar-refractivity contribution is -0.870. The number of carbonyl (C=O) groups excluding carboxylic acids is 2. The third-order valence-electron chi connectivity index (χ3n) is 12.4. The van der Waals surface area contributed by atoms with Crippen LogP contribution in [0.2, 0.25) is 0 Å². The molecule has 0 radical (unpaired) electrons. The molecule has 0 bridgehead atoms. The number of phosphoric acid groups is 1. The first-order valence-electron chi connectivity index (χ1n) is 28.7. The molecule has 0 saturated carbocycles. The molecular formula is C60H109N2O7P. The average molecular weight is 1000 g/mol. The summed E-state index contributed by atoms with van der Waals surface area (Å²) in [5.74, 6) is -0.578. The molecule has 0 heterocycles. The van der Waals surface area contributed by atoms with Crippen LogP contribution < -0.4 is 10.2 Å². The molecule has 0 fully saturated rings. The molecule has 70 heavy (non-hydrogen) atoms. The molecule has 0 spiro atoms. The normalized spacial score (nSPS) is 14.3. The number of phosphoric ester groups is 1. The van der Waals surface area contributed by atoms with Crippen LogP contribution in [-0.4, -0.2) is 69.4 Å². The second-order valence-electron chi connectivity index (χ2n) is 20.4. The minimum absolute atomic E-state index is 0.0305. The van der Waals surface area contributed by atoms with Gasteiger partial charge in [0.1, 0.15) is 19.3 Å². The molecule has 0 rings (SSSR count). The number of nitrogens with one attached hydrogen (secondary N) is 1. The maximum absolute atomic E-state index is 13.5. The Morgan fingerprint density at radius 1 is 0.514 bits per heavy atom. The molecule has 9 nitrogen and oxygen atoms in total. The molecule has 0 aliphatic carbocycles. The smallest absolute Gasteiger partial charge is 0.306 e. The number of hydrogen-bond donors (Lipinski definition) is 1. The molecule has 406 valence electrons. The Morgan fingerprint density at radius 3 is 1.39 bits per heavy atom. The van der Waals surface area contributed by atoms with Crippen LogP contribution in [0.15, 0.2) is 72.9 Å². The first-order valence-corrected chi connectivity index (χ1v) is 30.2. The molecular weight excluding hydrogens is 892 g/mol. The zero-order valence-corrected chi connectivity index (χ0v) is 47.1. The van der Waals surface area contributed by atoms with Gasteiger partial charge in [0.2, 0.25) is 5.91 Å². The first kappa shape index (κ1) is 67.5. The van der Waals surface area contributed by atoms with Crippen LogP contribution in [0, 0.1) is 0 Å². The zero-order chi connectivity index (χ0) is 51.5. The molecule has 3 atom stereocenters. The standard InChI is InChI=1S/C60H109N2O7P/c1-7-10-13-16-19-22-25-28-29-30-31-32-33-35-37-40-43-46-49-52-59(63)61-57(56-68-70(65,66)67-55-54-62(4,5)6)58(51-48-45-42-39-36-27-24-21-18-15-12-9-3)69-60(64)53-50-47-44-41-38-34-26-23-20-17-14-11-8-2/h10,13,19,22,28-29,31-32,35,37,48,51,57-58H,7-9,11-12,14-18,20-21,23-27,30,33-34,36,38-47,49-50,52-56H2,1-6H3,(H-,61,63,65,66)/b13-10-,22-19-,29-28-,32-31-,37-35-,51-48-. The van der Waals surface area contributed by atoms with Gasteiger partial charge >= 0.3 is 5.97 Å². The van der Waals surface area contributed by atoms with Gasteiger partial charge in [0.25, 0.3) is 7.82 Å². The van der Waals surface area contributed by atoms with Crippen molar-refractivity contribution in [2.75, 3.05) is 40.9 Å². The van der Waals surface area contributed by atoms with Crippen molar-refractivity contribution in [2.24, 2.45) is 0 Å². The topological polar surface area (TPSA) is 114 Å². The highest BCUT2D eigenvalue weighted by atomic mass is 31.2. The van der Waals surface area contributed by atoms with Gasteiger partial charge in [-0.05, 0) is 76.7 Å². The lowest BCUT2D eigenvalue weighted by atomic mass is 10.0. The van der Waals surface area contributed by atoms with Crippen molar-refractivity contribution < 1.29 is 37.3 Å². The Hall–Kier alpha value is -2.55. The fourth-order valence-electron chi connectivity index (χ4n) is 7.96. The summed E-state index contributed by atoms with van der Waals surface area (Å²) < 4.78 is 30.2. The maximum Gasteiger partial charge on any atom is 0.306 e. The Labute approximate surface area is 432 Å². The number of rotatable bonds is 51. The molecule has 1 N–H and O–H groups in total. The predicted octanol–water partition coefficient (Wildman–Crippen LogP) is 16.6. The lowest BCUT2D eigenvalue weighted by Crippen LogP contribution is -2.47. The van der Waals surface area contributed by atoms with Crippen LogP contribution >= 0.6 is 7.82 Å². The molecule has 3 unspecified atom stereocenters. The van der Waals surface area contributed by atoms with E-state index in [4.69, 9.17) is 13.8 Å². The van der Waals surface area contributed by atoms with Crippen molar-refractivity contribution in [3.05, 3.63) is 72.9 Å². The Morgan fingerprint density at radius 2 is 0.914 bits per heavy atom. The molecule has 0 aromatic rings. The number of ether oxygens (including phenoxy) is 1. The highest BCUT2D eigenvalue weighted by Crippen LogP contribution is 2.38. The maximum atomic E-state index is 13.5. The van der Waals surface area contributed by atoms with Gasteiger partial charge in [-0.3, -0.25) is 14.2 Å². The number of likely N-dealkylation sites (N-methyl/N-ethyl adjacent to an activating group) is 1. The van der Waals surface area contributed by atoms with Crippen LogP contribution in [0.5, 0.6) is 0 Å². The van der Waals surface area contributed by atoms with Gasteiger partial charge in [-0.1, -0.05) is 229 Å². The summed E-state index contributed by atoms with van der Waals surface area (Å²) in [6.07, 6.45) is 62.9. The van der Waals surface area contributed by atoms with Crippen molar-refractivity contribution in [3.63, 3.8) is 0 Å². The second-order valence-corrected chi connectivity index (χ2v) is 21.8. The van der Waals surface area contributed by atoms with Crippen LogP contribution in [0.1, 0.15) is 245 Å². The zero-order valence-electron chi connectivity index (χ0n) is 46.2. The fraction of sp³-hybridized carbons (Fsp3) is 0.767. The van der Waals surface area contributed by atoms with Crippen molar-refractivity contribution in [3.8, 4) is 0 Å². The summed E-state index contributed by atoms with van der Waals surface area (Å²) in [5.41, 5.74) is 0. The van der Waals surface area contributed by atoms with Crippen LogP contribution in [0.4, 0.5) is 0 Å². The summed E-state index contributed by atoms with van der Waals surface area (Å²) in [7, 11) is 1.16. The van der Waals surface area contributed by atoms with E-state index in [2.05, 4.69) is 86.8 Å². The summed E-state index contributed by atoms with van der Waals surface area (Å²) in [5, 5.41) is 3.00. The van der Waals surface area contributed by atoms with Crippen LogP contribution in [-0.2, 0) is 27.9 Å². The number of carbonyl (C=O) groups is 2. The molecule has 0 saturated heterocycles. The van der Waals surface area contributed by atoms with E-state index in [0.717, 1.165) is 89.9 Å². The van der Waals surface area contributed by atoms with Crippen molar-refractivity contribution >= 4 is 19.7 Å². The summed E-state index contributed by atoms with van der Waals surface area (Å²) in [6, 6.07) is -0.905. The average Bonchev–Trinajstić information content (AvgIpc) is 3.32. The molecule has 0 aromatic heterocycles. The number of nitrogens with zero attached hydrogens (tertiary/aromatic N) is 1. The van der Waals surface area contributed by atoms with E-state index < -0.39 is 26.6 Å². The van der Waals surface area contributed by atoms with Gasteiger partial charge in [-0.25, -0.2) is 0 Å². The van der Waals surface area contributed by atoms with Crippen molar-refractivity contribution in [1.29, 1.82) is 0 Å². The van der Waals surface area contributed by atoms with Gasteiger partial charge < -0.3 is 28.5 Å².